The zero-order valence-corrected chi connectivity index (χ0v) is 10.5. The molecule has 5 heteroatoms. The van der Waals surface area contributed by atoms with Crippen molar-refractivity contribution in [3.63, 3.8) is 0 Å². The Balaban J connectivity index is 1.94. The van der Waals surface area contributed by atoms with Crippen LogP contribution in [-0.4, -0.2) is 0 Å². The number of nitriles is 1. The van der Waals surface area contributed by atoms with E-state index >= 15 is 0 Å². The van der Waals surface area contributed by atoms with Gasteiger partial charge in [-0.2, -0.15) is 5.26 Å². The van der Waals surface area contributed by atoms with Gasteiger partial charge in [-0.05, 0) is 35.4 Å². The number of hydrogen-bond donors (Lipinski definition) is 1. The Bertz CT molecular complexity index is 622. The Labute approximate surface area is 114 Å². The molecule has 20 heavy (non-hydrogen) atoms. The molecule has 2 aromatic rings. The lowest BCUT2D eigenvalue weighted by atomic mass is 10.1. The topological polar surface area (TPSA) is 35.8 Å². The van der Waals surface area contributed by atoms with Crippen molar-refractivity contribution in [3.05, 3.63) is 70.5 Å². The van der Waals surface area contributed by atoms with Crippen LogP contribution >= 0.6 is 0 Å². The van der Waals surface area contributed by atoms with Gasteiger partial charge in [0.25, 0.3) is 0 Å². The Morgan fingerprint density at radius 1 is 0.900 bits per heavy atom. The first kappa shape index (κ1) is 14.1. The Kier molecular flexibility index (Phi) is 4.38. The summed E-state index contributed by atoms with van der Waals surface area (Å²) in [6, 6.07) is 10.9. The summed E-state index contributed by atoms with van der Waals surface area (Å²) in [5, 5.41) is 11.7. The molecule has 0 heterocycles. The van der Waals surface area contributed by atoms with Gasteiger partial charge in [-0.25, -0.2) is 13.2 Å². The summed E-state index contributed by atoms with van der Waals surface area (Å²) in [5.41, 5.74) is 1.83. The number of hydrogen-bond acceptors (Lipinski definition) is 2. The smallest absolute Gasteiger partial charge is 0.194 e. The van der Waals surface area contributed by atoms with Crippen LogP contribution in [0.1, 0.15) is 16.7 Å². The monoisotopic (exact) mass is 276 g/mol. The molecule has 2 aromatic carbocycles. The largest absolute Gasteiger partial charge is 0.309 e. The van der Waals surface area contributed by atoms with Crippen molar-refractivity contribution in [2.75, 3.05) is 0 Å². The summed E-state index contributed by atoms with van der Waals surface area (Å²) in [7, 11) is 0. The minimum Gasteiger partial charge on any atom is -0.309 e. The van der Waals surface area contributed by atoms with Crippen LogP contribution in [0.25, 0.3) is 0 Å². The maximum Gasteiger partial charge on any atom is 0.194 e. The molecule has 0 aliphatic carbocycles. The highest BCUT2D eigenvalue weighted by atomic mass is 19.2. The lowest BCUT2D eigenvalue weighted by Crippen LogP contribution is -2.13. The maximum absolute atomic E-state index is 13.0. The zero-order chi connectivity index (χ0) is 14.5. The highest BCUT2D eigenvalue weighted by Gasteiger charge is 2.10. The van der Waals surface area contributed by atoms with Gasteiger partial charge in [0, 0.05) is 13.1 Å². The molecule has 0 radical (unpaired) electrons. The Morgan fingerprint density at radius 2 is 1.45 bits per heavy atom. The van der Waals surface area contributed by atoms with E-state index < -0.39 is 17.5 Å². The minimum absolute atomic E-state index is 0.216. The second-order valence-electron chi connectivity index (χ2n) is 4.29. The summed E-state index contributed by atoms with van der Waals surface area (Å²) in [4.78, 5) is 0. The summed E-state index contributed by atoms with van der Waals surface area (Å²) in [5.74, 6) is -3.85. The molecule has 0 saturated heterocycles. The molecule has 0 aliphatic heterocycles. The molecule has 0 amide bonds. The average Bonchev–Trinajstić information content (AvgIpc) is 2.45. The average molecular weight is 276 g/mol. The van der Waals surface area contributed by atoms with Crippen molar-refractivity contribution in [3.8, 4) is 6.07 Å². The van der Waals surface area contributed by atoms with E-state index in [1.54, 1.807) is 24.3 Å². The Morgan fingerprint density at radius 3 is 2.00 bits per heavy atom. The van der Waals surface area contributed by atoms with E-state index in [-0.39, 0.29) is 6.54 Å². The van der Waals surface area contributed by atoms with Crippen molar-refractivity contribution in [1.29, 1.82) is 5.26 Å². The third-order valence-electron chi connectivity index (χ3n) is 2.78. The van der Waals surface area contributed by atoms with Gasteiger partial charge in [0.2, 0.25) is 0 Å². The van der Waals surface area contributed by atoms with Crippen LogP contribution in [0.2, 0.25) is 0 Å². The molecule has 102 valence electrons. The molecule has 0 aliphatic rings. The van der Waals surface area contributed by atoms with Crippen LogP contribution in [0.3, 0.4) is 0 Å². The first-order valence-corrected chi connectivity index (χ1v) is 5.93. The van der Waals surface area contributed by atoms with Crippen LogP contribution in [0.5, 0.6) is 0 Å². The molecule has 2 rings (SSSR count). The minimum atomic E-state index is -1.46. The fourth-order valence-electron chi connectivity index (χ4n) is 1.76. The SMILES string of the molecule is N#Cc1ccc(CNCc2cc(F)c(F)c(F)c2)cc1. The number of halogens is 3. The highest BCUT2D eigenvalue weighted by Crippen LogP contribution is 2.13. The van der Waals surface area contributed by atoms with Gasteiger partial charge in [-0.15, -0.1) is 0 Å². The van der Waals surface area contributed by atoms with E-state index in [1.807, 2.05) is 6.07 Å². The summed E-state index contributed by atoms with van der Waals surface area (Å²) < 4.78 is 38.8. The highest BCUT2D eigenvalue weighted by molar-refractivity contribution is 5.31. The normalized spacial score (nSPS) is 10.3. The second kappa shape index (κ2) is 6.22. The van der Waals surface area contributed by atoms with Gasteiger partial charge >= 0.3 is 0 Å². The first-order chi connectivity index (χ1) is 9.60. The first-order valence-electron chi connectivity index (χ1n) is 5.93. The van der Waals surface area contributed by atoms with Gasteiger partial charge in [-0.1, -0.05) is 12.1 Å². The summed E-state index contributed by atoms with van der Waals surface area (Å²) >= 11 is 0. The maximum atomic E-state index is 13.0. The van der Waals surface area contributed by atoms with E-state index in [1.165, 1.54) is 0 Å². The molecular formula is C15H11F3N2. The van der Waals surface area contributed by atoms with Crippen LogP contribution in [-0.2, 0) is 13.1 Å². The molecular weight excluding hydrogens is 265 g/mol. The quantitative estimate of drug-likeness (QED) is 0.870. The molecule has 0 atom stereocenters. The lowest BCUT2D eigenvalue weighted by molar-refractivity contribution is 0.444. The number of nitrogens with zero attached hydrogens (tertiary/aromatic N) is 1. The van der Waals surface area contributed by atoms with Crippen LogP contribution in [0.15, 0.2) is 36.4 Å². The zero-order valence-electron chi connectivity index (χ0n) is 10.5. The molecule has 1 N–H and O–H groups in total. The predicted molar refractivity (Wildman–Crippen MR) is 68.0 cm³/mol. The number of rotatable bonds is 4. The van der Waals surface area contributed by atoms with Gasteiger partial charge in [-0.3, -0.25) is 0 Å². The Hall–Kier alpha value is -2.32. The lowest BCUT2D eigenvalue weighted by Gasteiger charge is -2.06. The molecule has 0 saturated carbocycles. The molecule has 0 fully saturated rings. The van der Waals surface area contributed by atoms with Crippen LogP contribution in [0.4, 0.5) is 13.2 Å². The molecule has 0 bridgehead atoms. The van der Waals surface area contributed by atoms with E-state index in [0.29, 0.717) is 17.7 Å². The van der Waals surface area contributed by atoms with Crippen molar-refractivity contribution in [2.24, 2.45) is 0 Å². The standard InChI is InChI=1S/C15H11F3N2/c16-13-5-12(6-14(17)15(13)18)9-20-8-11-3-1-10(7-19)2-4-11/h1-6,20H,8-9H2. The molecule has 2 nitrogen and oxygen atoms in total. The van der Waals surface area contributed by atoms with Gasteiger partial charge in [0.15, 0.2) is 17.5 Å². The third kappa shape index (κ3) is 3.37. The van der Waals surface area contributed by atoms with Gasteiger partial charge in [0.05, 0.1) is 11.6 Å². The summed E-state index contributed by atoms with van der Waals surface area (Å²) in [6.45, 7) is 0.695. The van der Waals surface area contributed by atoms with E-state index in [0.717, 1.165) is 17.7 Å². The number of benzene rings is 2. The predicted octanol–water partition coefficient (Wildman–Crippen LogP) is 3.27. The third-order valence-corrected chi connectivity index (χ3v) is 2.78. The summed E-state index contributed by atoms with van der Waals surface area (Å²) in [6.07, 6.45) is 0. The fraction of sp³-hybridized carbons (Fsp3) is 0.133. The molecule has 0 spiro atoms. The second-order valence-corrected chi connectivity index (χ2v) is 4.29. The molecule has 0 aromatic heterocycles. The van der Waals surface area contributed by atoms with Crippen LogP contribution in [0, 0.1) is 28.8 Å². The van der Waals surface area contributed by atoms with Crippen molar-refractivity contribution in [2.45, 2.75) is 13.1 Å². The number of nitrogens with one attached hydrogen (secondary N) is 1. The van der Waals surface area contributed by atoms with Crippen molar-refractivity contribution < 1.29 is 13.2 Å². The van der Waals surface area contributed by atoms with Crippen molar-refractivity contribution in [1.82, 2.24) is 5.32 Å². The molecule has 0 unspecified atom stereocenters. The van der Waals surface area contributed by atoms with E-state index in [4.69, 9.17) is 5.26 Å². The van der Waals surface area contributed by atoms with E-state index in [9.17, 15) is 13.2 Å². The fourth-order valence-corrected chi connectivity index (χ4v) is 1.76. The van der Waals surface area contributed by atoms with Gasteiger partial charge in [0.1, 0.15) is 0 Å². The van der Waals surface area contributed by atoms with E-state index in [2.05, 4.69) is 5.32 Å². The van der Waals surface area contributed by atoms with Crippen molar-refractivity contribution >= 4 is 0 Å². The van der Waals surface area contributed by atoms with Gasteiger partial charge < -0.3 is 5.32 Å². The van der Waals surface area contributed by atoms with Crippen LogP contribution < -0.4 is 5.32 Å².